The van der Waals surface area contributed by atoms with Crippen LogP contribution in [0.2, 0.25) is 0 Å². The lowest BCUT2D eigenvalue weighted by Crippen LogP contribution is -2.20. The third kappa shape index (κ3) is 4.29. The van der Waals surface area contributed by atoms with E-state index >= 15 is 0 Å². The molecule has 2 atom stereocenters. The van der Waals surface area contributed by atoms with Crippen LogP contribution in [0.15, 0.2) is 85.2 Å². The Morgan fingerprint density at radius 1 is 0.944 bits per heavy atom. The zero-order valence-corrected chi connectivity index (χ0v) is 20.0. The fraction of sp³-hybridized carbons (Fsp3) is 0.207. The number of likely N-dealkylation sites (tertiary alicyclic amines) is 1. The second-order valence-electron chi connectivity index (χ2n) is 9.29. The molecule has 0 unspecified atom stereocenters. The maximum Gasteiger partial charge on any atom is 0.222 e. The molecule has 3 aromatic carbocycles. The summed E-state index contributed by atoms with van der Waals surface area (Å²) < 4.78 is 5.37. The van der Waals surface area contributed by atoms with Crippen molar-refractivity contribution in [2.24, 2.45) is 0 Å². The lowest BCUT2D eigenvalue weighted by atomic mass is 9.88. The van der Waals surface area contributed by atoms with Crippen molar-refractivity contribution >= 4 is 10.9 Å². The molecular weight excluding hydrogens is 450 g/mol. The molecular formula is C29H27N5O2. The maximum atomic E-state index is 11.0. The van der Waals surface area contributed by atoms with Crippen molar-refractivity contribution < 1.29 is 9.84 Å². The minimum Gasteiger partial charge on any atom is -0.497 e. The van der Waals surface area contributed by atoms with Crippen LogP contribution in [0.5, 0.6) is 11.6 Å². The molecule has 0 spiro atoms. The highest BCUT2D eigenvalue weighted by atomic mass is 16.5. The molecule has 7 heteroatoms. The number of ether oxygens (including phenoxy) is 1. The highest BCUT2D eigenvalue weighted by molar-refractivity contribution is 5.88. The van der Waals surface area contributed by atoms with Crippen molar-refractivity contribution in [2.75, 3.05) is 20.2 Å². The molecule has 0 amide bonds. The number of hydrogen-bond donors (Lipinski definition) is 2. The van der Waals surface area contributed by atoms with E-state index in [-0.39, 0.29) is 17.7 Å². The van der Waals surface area contributed by atoms with Gasteiger partial charge in [0.2, 0.25) is 5.88 Å². The van der Waals surface area contributed by atoms with Gasteiger partial charge in [-0.05, 0) is 41.0 Å². The van der Waals surface area contributed by atoms with Crippen LogP contribution in [0.4, 0.5) is 0 Å². The number of rotatable bonds is 6. The van der Waals surface area contributed by atoms with Crippen molar-refractivity contribution in [1.82, 2.24) is 25.1 Å². The molecule has 2 aromatic heterocycles. The third-order valence-corrected chi connectivity index (χ3v) is 7.04. The number of H-pyrrole nitrogens is 1. The summed E-state index contributed by atoms with van der Waals surface area (Å²) in [5.74, 6) is 1.76. The van der Waals surface area contributed by atoms with Gasteiger partial charge in [-0.3, -0.25) is 10.00 Å². The fourth-order valence-electron chi connectivity index (χ4n) is 5.19. The summed E-state index contributed by atoms with van der Waals surface area (Å²) in [7, 11) is 1.68. The second-order valence-corrected chi connectivity index (χ2v) is 9.29. The van der Waals surface area contributed by atoms with Crippen molar-refractivity contribution in [3.8, 4) is 22.8 Å². The Bertz CT molecular complexity index is 1470. The van der Waals surface area contributed by atoms with Gasteiger partial charge in [0.05, 0.1) is 24.2 Å². The van der Waals surface area contributed by atoms with Gasteiger partial charge < -0.3 is 9.84 Å². The second kappa shape index (κ2) is 9.43. The smallest absolute Gasteiger partial charge is 0.222 e. The summed E-state index contributed by atoms with van der Waals surface area (Å²) in [6.45, 7) is 2.55. The van der Waals surface area contributed by atoms with Crippen LogP contribution < -0.4 is 4.74 Å². The molecule has 0 aliphatic carbocycles. The van der Waals surface area contributed by atoms with Crippen molar-refractivity contribution in [2.45, 2.75) is 18.4 Å². The summed E-state index contributed by atoms with van der Waals surface area (Å²) in [5.41, 5.74) is 5.14. The van der Waals surface area contributed by atoms with Gasteiger partial charge in [-0.2, -0.15) is 10.1 Å². The number of aromatic hydroxyl groups is 1. The highest BCUT2D eigenvalue weighted by Crippen LogP contribution is 2.41. The molecule has 0 bridgehead atoms. The Balaban J connectivity index is 1.36. The Morgan fingerprint density at radius 2 is 1.75 bits per heavy atom. The van der Waals surface area contributed by atoms with Crippen molar-refractivity contribution in [1.29, 1.82) is 0 Å². The molecule has 1 fully saturated rings. The van der Waals surface area contributed by atoms with Crippen LogP contribution in [0.3, 0.4) is 0 Å². The number of nitrogens with one attached hydrogen (secondary N) is 1. The quantitative estimate of drug-likeness (QED) is 0.353. The molecule has 2 N–H and O–H groups in total. The van der Waals surface area contributed by atoms with E-state index in [1.54, 1.807) is 13.3 Å². The Morgan fingerprint density at radius 3 is 2.50 bits per heavy atom. The standard InChI is InChI=1S/C29H27N5O2/c1-36-23-10-7-20(8-11-23)25-17-34(16-19-5-3-2-4-6-19)18-26(25)28-32-27-12-9-21(22-14-30-31-15-22)13-24(27)29(35)33-28/h2-15,25-26H,16-18H2,1H3,(H,30,31)(H,32,33,35)/t25-,26+/m1/s1. The summed E-state index contributed by atoms with van der Waals surface area (Å²) >= 11 is 0. The van der Waals surface area contributed by atoms with E-state index in [1.807, 2.05) is 42.6 Å². The van der Waals surface area contributed by atoms with E-state index in [2.05, 4.69) is 56.5 Å². The first-order chi connectivity index (χ1) is 17.7. The van der Waals surface area contributed by atoms with Crippen LogP contribution >= 0.6 is 0 Å². The SMILES string of the molecule is COc1ccc([C@H]2CN(Cc3ccccc3)C[C@@H]2c2nc(O)c3cc(-c4cn[nH]c4)ccc3n2)cc1. The molecule has 7 nitrogen and oxygen atoms in total. The van der Waals surface area contributed by atoms with E-state index in [4.69, 9.17) is 9.72 Å². The van der Waals surface area contributed by atoms with Crippen LogP contribution in [-0.4, -0.2) is 50.4 Å². The maximum absolute atomic E-state index is 11.0. The molecule has 36 heavy (non-hydrogen) atoms. The normalized spacial score (nSPS) is 18.0. The third-order valence-electron chi connectivity index (χ3n) is 7.04. The number of methoxy groups -OCH3 is 1. The number of hydrogen-bond acceptors (Lipinski definition) is 6. The van der Waals surface area contributed by atoms with Gasteiger partial charge in [0.25, 0.3) is 0 Å². The molecule has 5 aromatic rings. The number of aromatic amines is 1. The minimum atomic E-state index is 0.00957. The summed E-state index contributed by atoms with van der Waals surface area (Å²) in [5, 5.41) is 18.4. The van der Waals surface area contributed by atoms with Gasteiger partial charge in [-0.1, -0.05) is 48.5 Å². The number of fused-ring (bicyclic) bond motifs is 1. The zero-order chi connectivity index (χ0) is 24.5. The van der Waals surface area contributed by atoms with Crippen molar-refractivity contribution in [3.05, 3.63) is 102 Å². The zero-order valence-electron chi connectivity index (χ0n) is 20.0. The van der Waals surface area contributed by atoms with Gasteiger partial charge in [-0.25, -0.2) is 4.98 Å². The van der Waals surface area contributed by atoms with Gasteiger partial charge >= 0.3 is 0 Å². The van der Waals surface area contributed by atoms with Crippen molar-refractivity contribution in [3.63, 3.8) is 0 Å². The lowest BCUT2D eigenvalue weighted by Gasteiger charge is -2.19. The monoisotopic (exact) mass is 477 g/mol. The summed E-state index contributed by atoms with van der Waals surface area (Å²) in [6.07, 6.45) is 3.58. The van der Waals surface area contributed by atoms with E-state index in [0.29, 0.717) is 11.2 Å². The van der Waals surface area contributed by atoms with Crippen LogP contribution in [0, 0.1) is 0 Å². The minimum absolute atomic E-state index is 0.00957. The predicted molar refractivity (Wildman–Crippen MR) is 139 cm³/mol. The average Bonchev–Trinajstić information content (AvgIpc) is 3.60. The van der Waals surface area contributed by atoms with E-state index < -0.39 is 0 Å². The topological polar surface area (TPSA) is 87.2 Å². The van der Waals surface area contributed by atoms with E-state index in [9.17, 15) is 5.11 Å². The van der Waals surface area contributed by atoms with E-state index in [1.165, 1.54) is 11.1 Å². The lowest BCUT2D eigenvalue weighted by molar-refractivity contribution is 0.322. The number of aromatic nitrogens is 4. The van der Waals surface area contributed by atoms with Crippen LogP contribution in [-0.2, 0) is 6.54 Å². The van der Waals surface area contributed by atoms with Crippen LogP contribution in [0.1, 0.15) is 28.8 Å². The summed E-state index contributed by atoms with van der Waals surface area (Å²) in [4.78, 5) is 12.0. The van der Waals surface area contributed by atoms with Gasteiger partial charge in [0, 0.05) is 43.2 Å². The molecule has 0 radical (unpaired) electrons. The van der Waals surface area contributed by atoms with Gasteiger partial charge in [-0.15, -0.1) is 0 Å². The number of nitrogens with zero attached hydrogens (tertiary/aromatic N) is 4. The summed E-state index contributed by atoms with van der Waals surface area (Å²) in [6, 6.07) is 24.6. The van der Waals surface area contributed by atoms with Crippen LogP contribution in [0.25, 0.3) is 22.0 Å². The Kier molecular flexibility index (Phi) is 5.83. The molecule has 1 aliphatic rings. The van der Waals surface area contributed by atoms with Gasteiger partial charge in [0.15, 0.2) is 0 Å². The molecule has 0 saturated carbocycles. The molecule has 6 rings (SSSR count). The predicted octanol–water partition coefficient (Wildman–Crippen LogP) is 5.12. The number of benzene rings is 3. The molecule has 180 valence electrons. The average molecular weight is 478 g/mol. The first-order valence-corrected chi connectivity index (χ1v) is 12.1. The Hall–Kier alpha value is -4.23. The largest absolute Gasteiger partial charge is 0.497 e. The Labute approximate surface area is 209 Å². The fourth-order valence-corrected chi connectivity index (χ4v) is 5.19. The van der Waals surface area contributed by atoms with Gasteiger partial charge in [0.1, 0.15) is 11.6 Å². The first kappa shape index (κ1) is 22.2. The molecule has 1 aliphatic heterocycles. The highest BCUT2D eigenvalue weighted by Gasteiger charge is 2.37. The molecule has 3 heterocycles. The molecule has 1 saturated heterocycles. The van der Waals surface area contributed by atoms with E-state index in [0.717, 1.165) is 42.0 Å². The first-order valence-electron chi connectivity index (χ1n) is 12.1.